The Morgan fingerprint density at radius 2 is 1.03 bits per heavy atom. The summed E-state index contributed by atoms with van der Waals surface area (Å²) >= 11 is 0. The number of aryl methyl sites for hydroxylation is 2. The van der Waals surface area contributed by atoms with Gasteiger partial charge in [0, 0.05) is 11.1 Å². The molecule has 0 radical (unpaired) electrons. The van der Waals surface area contributed by atoms with Crippen LogP contribution in [-0.2, 0) is 12.8 Å². The van der Waals surface area contributed by atoms with Gasteiger partial charge in [0.15, 0.2) is 0 Å². The molecular formula is C33H46N2O4. The first-order valence-electron chi connectivity index (χ1n) is 15.1. The molecule has 2 aliphatic rings. The van der Waals surface area contributed by atoms with Gasteiger partial charge in [-0.1, -0.05) is 102 Å². The van der Waals surface area contributed by atoms with E-state index < -0.39 is 23.3 Å². The smallest absolute Gasteiger partial charge is 0.410 e. The first-order valence-corrected chi connectivity index (χ1v) is 15.1. The summed E-state index contributed by atoms with van der Waals surface area (Å²) in [6.45, 7) is 4.25. The lowest BCUT2D eigenvalue weighted by Crippen LogP contribution is -2.60. The van der Waals surface area contributed by atoms with E-state index in [0.717, 1.165) is 101 Å². The molecule has 0 spiro atoms. The van der Waals surface area contributed by atoms with Crippen LogP contribution in [0, 0.1) is 0 Å². The van der Waals surface area contributed by atoms with Gasteiger partial charge in [0.1, 0.15) is 11.5 Å². The van der Waals surface area contributed by atoms with E-state index in [1.807, 2.05) is 48.5 Å². The maximum absolute atomic E-state index is 13.3. The van der Waals surface area contributed by atoms with E-state index in [1.54, 1.807) is 0 Å². The highest BCUT2D eigenvalue weighted by Crippen LogP contribution is 2.41. The Morgan fingerprint density at radius 1 is 0.641 bits per heavy atom. The quantitative estimate of drug-likeness (QED) is 0.322. The summed E-state index contributed by atoms with van der Waals surface area (Å²) < 4.78 is 11.8. The number of carbonyl (C=O) groups excluding carboxylic acids is 2. The van der Waals surface area contributed by atoms with Crippen molar-refractivity contribution in [3.05, 3.63) is 59.7 Å². The number of carbonyl (C=O) groups is 2. The predicted molar refractivity (Wildman–Crippen MR) is 155 cm³/mol. The first kappa shape index (κ1) is 29.0. The molecule has 2 aromatic rings. The Hall–Kier alpha value is -3.02. The first-order chi connectivity index (χ1) is 19.0. The molecule has 212 valence electrons. The Balaban J connectivity index is 1.50. The lowest BCUT2D eigenvalue weighted by molar-refractivity contribution is 0.107. The van der Waals surface area contributed by atoms with E-state index in [9.17, 15) is 9.59 Å². The van der Waals surface area contributed by atoms with Crippen LogP contribution in [0.4, 0.5) is 9.59 Å². The summed E-state index contributed by atoms with van der Waals surface area (Å²) in [7, 11) is 0. The van der Waals surface area contributed by atoms with Gasteiger partial charge in [-0.2, -0.15) is 0 Å². The molecule has 2 aliphatic carbocycles. The molecule has 39 heavy (non-hydrogen) atoms. The molecule has 6 nitrogen and oxygen atoms in total. The van der Waals surface area contributed by atoms with Gasteiger partial charge >= 0.3 is 12.2 Å². The average molecular weight is 535 g/mol. The van der Waals surface area contributed by atoms with Crippen molar-refractivity contribution < 1.29 is 19.1 Å². The zero-order chi connectivity index (χ0) is 27.6. The predicted octanol–water partition coefficient (Wildman–Crippen LogP) is 8.26. The van der Waals surface area contributed by atoms with E-state index in [0.29, 0.717) is 17.9 Å². The van der Waals surface area contributed by atoms with Gasteiger partial charge < -0.3 is 20.1 Å². The molecule has 2 amide bonds. The van der Waals surface area contributed by atoms with Crippen LogP contribution < -0.4 is 20.1 Å². The zero-order valence-corrected chi connectivity index (χ0v) is 23.9. The highest BCUT2D eigenvalue weighted by molar-refractivity contribution is 5.73. The van der Waals surface area contributed by atoms with E-state index in [1.165, 1.54) is 0 Å². The zero-order valence-electron chi connectivity index (χ0n) is 23.9. The van der Waals surface area contributed by atoms with Crippen molar-refractivity contribution >= 4 is 12.2 Å². The minimum Gasteiger partial charge on any atom is -0.410 e. The molecule has 6 heteroatoms. The highest BCUT2D eigenvalue weighted by atomic mass is 16.6. The normalized spacial score (nSPS) is 18.1. The molecule has 2 saturated carbocycles. The monoisotopic (exact) mass is 534 g/mol. The Bertz CT molecular complexity index is 1000. The van der Waals surface area contributed by atoms with E-state index in [2.05, 4.69) is 24.5 Å². The topological polar surface area (TPSA) is 76.7 Å². The van der Waals surface area contributed by atoms with Crippen molar-refractivity contribution in [2.24, 2.45) is 0 Å². The number of ether oxygens (including phenoxy) is 2. The maximum Gasteiger partial charge on any atom is 0.413 e. The minimum atomic E-state index is -0.417. The molecule has 0 heterocycles. The molecule has 2 aromatic carbocycles. The number of benzene rings is 2. The van der Waals surface area contributed by atoms with Crippen LogP contribution in [0.1, 0.15) is 108 Å². The Morgan fingerprint density at radius 3 is 1.41 bits per heavy atom. The number of nitrogens with one attached hydrogen (secondary N) is 2. The van der Waals surface area contributed by atoms with Crippen LogP contribution in [0.3, 0.4) is 0 Å². The summed E-state index contributed by atoms with van der Waals surface area (Å²) in [5, 5.41) is 6.64. The standard InChI is InChI=1S/C33H46N2O4/c1-3-15-26-17-7-9-19-28(26)38-30(36)34-32(21-11-5-12-22-32)25-33(23-13-6-14-24-33)35-31(37)39-29-20-10-8-18-27(29)16-4-2/h7-10,17-20H,3-6,11-16,21-25H2,1-2H3,(H,34,36)(H,35,37). The molecule has 2 N–H and O–H groups in total. The number of hydrogen-bond acceptors (Lipinski definition) is 4. The number of para-hydroxylation sites is 2. The Labute approximate surface area is 234 Å². The summed E-state index contributed by atoms with van der Waals surface area (Å²) in [6, 6.07) is 15.6. The highest BCUT2D eigenvalue weighted by Gasteiger charge is 2.45. The van der Waals surface area contributed by atoms with Gasteiger partial charge in [0.05, 0.1) is 0 Å². The fourth-order valence-corrected chi connectivity index (χ4v) is 6.64. The average Bonchev–Trinajstić information content (AvgIpc) is 2.92. The third-order valence-electron chi connectivity index (χ3n) is 8.42. The van der Waals surface area contributed by atoms with Crippen LogP contribution in [0.25, 0.3) is 0 Å². The Kier molecular flexibility index (Phi) is 10.3. The van der Waals surface area contributed by atoms with Gasteiger partial charge in [-0.15, -0.1) is 0 Å². The van der Waals surface area contributed by atoms with Crippen molar-refractivity contribution in [2.45, 2.75) is 121 Å². The lowest BCUT2D eigenvalue weighted by Gasteiger charge is -2.47. The largest absolute Gasteiger partial charge is 0.413 e. The second-order valence-electron chi connectivity index (χ2n) is 11.6. The summed E-state index contributed by atoms with van der Waals surface area (Å²) in [5.41, 5.74) is 1.26. The second-order valence-corrected chi connectivity index (χ2v) is 11.6. The number of amides is 2. The van der Waals surface area contributed by atoms with E-state index in [4.69, 9.17) is 9.47 Å². The van der Waals surface area contributed by atoms with E-state index in [-0.39, 0.29) is 0 Å². The summed E-state index contributed by atoms with van der Waals surface area (Å²) in [4.78, 5) is 26.6. The minimum absolute atomic E-state index is 0.400. The molecule has 0 saturated heterocycles. The van der Waals surface area contributed by atoms with Crippen molar-refractivity contribution in [3.8, 4) is 11.5 Å². The van der Waals surface area contributed by atoms with Crippen molar-refractivity contribution in [1.82, 2.24) is 10.6 Å². The van der Waals surface area contributed by atoms with Gasteiger partial charge in [0.25, 0.3) is 0 Å². The molecule has 2 fully saturated rings. The van der Waals surface area contributed by atoms with Crippen LogP contribution >= 0.6 is 0 Å². The summed E-state index contributed by atoms with van der Waals surface area (Å²) in [5.74, 6) is 1.25. The third-order valence-corrected chi connectivity index (χ3v) is 8.42. The molecule has 0 aromatic heterocycles. The van der Waals surface area contributed by atoms with Gasteiger partial charge in [-0.25, -0.2) is 9.59 Å². The number of hydrogen-bond donors (Lipinski definition) is 2. The molecule has 0 atom stereocenters. The molecule has 0 bridgehead atoms. The van der Waals surface area contributed by atoms with Crippen LogP contribution in [0.2, 0.25) is 0 Å². The van der Waals surface area contributed by atoms with E-state index >= 15 is 0 Å². The fraction of sp³-hybridized carbons (Fsp3) is 0.576. The second kappa shape index (κ2) is 13.9. The van der Waals surface area contributed by atoms with Crippen molar-refractivity contribution in [1.29, 1.82) is 0 Å². The summed E-state index contributed by atoms with van der Waals surface area (Å²) in [6.07, 6.45) is 13.7. The molecule has 0 unspecified atom stereocenters. The van der Waals surface area contributed by atoms with Crippen LogP contribution in [0.15, 0.2) is 48.5 Å². The van der Waals surface area contributed by atoms with Crippen molar-refractivity contribution in [2.75, 3.05) is 0 Å². The fourth-order valence-electron chi connectivity index (χ4n) is 6.64. The van der Waals surface area contributed by atoms with Gasteiger partial charge in [-0.05, 0) is 68.2 Å². The lowest BCUT2D eigenvalue weighted by atomic mass is 9.68. The van der Waals surface area contributed by atoms with Crippen LogP contribution in [0.5, 0.6) is 11.5 Å². The molecule has 4 rings (SSSR count). The van der Waals surface area contributed by atoms with Gasteiger partial charge in [-0.3, -0.25) is 0 Å². The molecule has 0 aliphatic heterocycles. The maximum atomic E-state index is 13.3. The third kappa shape index (κ3) is 8.00. The molecular weight excluding hydrogens is 488 g/mol. The van der Waals surface area contributed by atoms with Crippen LogP contribution in [-0.4, -0.2) is 23.3 Å². The number of rotatable bonds is 10. The SMILES string of the molecule is CCCc1ccccc1OC(=O)NC1(CC2(NC(=O)Oc3ccccc3CCC)CCCCC2)CCCCC1. The van der Waals surface area contributed by atoms with Gasteiger partial charge in [0.2, 0.25) is 0 Å². The van der Waals surface area contributed by atoms with Crippen molar-refractivity contribution in [3.63, 3.8) is 0 Å².